The summed E-state index contributed by atoms with van der Waals surface area (Å²) in [6, 6.07) is 17.1. The van der Waals surface area contributed by atoms with E-state index in [1.807, 2.05) is 24.3 Å². The first-order valence-electron chi connectivity index (χ1n) is 10.4. The van der Waals surface area contributed by atoms with Crippen LogP contribution in [-0.4, -0.2) is 6.04 Å². The monoisotopic (exact) mass is 381 g/mol. The maximum absolute atomic E-state index is 6.49. The fourth-order valence-electron chi connectivity index (χ4n) is 6.00. The number of halogens is 1. The topological polar surface area (TPSA) is 21.3 Å². The molecule has 27 heavy (non-hydrogen) atoms. The molecule has 0 amide bonds. The Labute approximate surface area is 167 Å². The third-order valence-corrected chi connectivity index (χ3v) is 7.30. The van der Waals surface area contributed by atoms with Crippen LogP contribution in [-0.2, 0) is 13.2 Å². The van der Waals surface area contributed by atoms with Crippen molar-refractivity contribution in [3.63, 3.8) is 0 Å². The van der Waals surface area contributed by atoms with Crippen LogP contribution in [0.25, 0.3) is 0 Å². The van der Waals surface area contributed by atoms with E-state index in [2.05, 4.69) is 29.6 Å². The molecule has 0 aliphatic heterocycles. The standard InChI is InChI=1S/C24H28ClNO/c25-22-13-17(6-7-23(22)27-15-16-4-2-1-3-5-16)14-26-24-20-9-18-8-19(11-20)12-21(24)10-18/h1-7,13,18-21,24,26H,8-12,14-15H2. The minimum Gasteiger partial charge on any atom is -0.487 e. The number of hydrogen-bond acceptors (Lipinski definition) is 2. The number of ether oxygens (including phenoxy) is 1. The lowest BCUT2D eigenvalue weighted by Crippen LogP contribution is -2.54. The molecule has 4 aliphatic rings. The normalized spacial score (nSPS) is 31.2. The Hall–Kier alpha value is -1.51. The van der Waals surface area contributed by atoms with Gasteiger partial charge in [-0.15, -0.1) is 0 Å². The summed E-state index contributed by atoms with van der Waals surface area (Å²) < 4.78 is 5.90. The first-order chi connectivity index (χ1) is 13.2. The predicted octanol–water partition coefficient (Wildman–Crippen LogP) is 5.83. The highest BCUT2D eigenvalue weighted by Crippen LogP contribution is 2.53. The van der Waals surface area contributed by atoms with Crippen LogP contribution >= 0.6 is 11.6 Å². The molecule has 0 atom stereocenters. The fraction of sp³-hybridized carbons (Fsp3) is 0.500. The van der Waals surface area contributed by atoms with E-state index in [1.165, 1.54) is 37.7 Å². The maximum atomic E-state index is 6.49. The second-order valence-electron chi connectivity index (χ2n) is 8.88. The Morgan fingerprint density at radius 1 is 0.852 bits per heavy atom. The van der Waals surface area contributed by atoms with Gasteiger partial charge in [0.1, 0.15) is 12.4 Å². The van der Waals surface area contributed by atoms with Crippen LogP contribution in [0.15, 0.2) is 48.5 Å². The number of hydrogen-bond donors (Lipinski definition) is 1. The molecule has 6 rings (SSSR count). The van der Waals surface area contributed by atoms with Crippen LogP contribution < -0.4 is 10.1 Å². The van der Waals surface area contributed by atoms with Gasteiger partial charge in [0.15, 0.2) is 0 Å². The van der Waals surface area contributed by atoms with Gasteiger partial charge in [0.25, 0.3) is 0 Å². The SMILES string of the molecule is Clc1cc(CNC2C3CC4CC(C3)CC2C4)ccc1OCc1ccccc1. The second-order valence-corrected chi connectivity index (χ2v) is 9.28. The van der Waals surface area contributed by atoms with Gasteiger partial charge in [0, 0.05) is 12.6 Å². The van der Waals surface area contributed by atoms with E-state index in [9.17, 15) is 0 Å². The Bertz CT molecular complexity index is 762. The van der Waals surface area contributed by atoms with Crippen molar-refractivity contribution < 1.29 is 4.74 Å². The van der Waals surface area contributed by atoms with E-state index in [1.54, 1.807) is 0 Å². The molecule has 3 heteroatoms. The second kappa shape index (κ2) is 7.48. The summed E-state index contributed by atoms with van der Waals surface area (Å²) in [7, 11) is 0. The summed E-state index contributed by atoms with van der Waals surface area (Å²) >= 11 is 6.49. The van der Waals surface area contributed by atoms with Crippen molar-refractivity contribution in [3.05, 3.63) is 64.7 Å². The van der Waals surface area contributed by atoms with Gasteiger partial charge in [0.05, 0.1) is 5.02 Å². The van der Waals surface area contributed by atoms with Crippen molar-refractivity contribution in [1.82, 2.24) is 5.32 Å². The summed E-state index contributed by atoms with van der Waals surface area (Å²) in [5, 5.41) is 4.59. The Morgan fingerprint density at radius 3 is 2.22 bits per heavy atom. The van der Waals surface area contributed by atoms with E-state index in [0.717, 1.165) is 41.5 Å². The zero-order chi connectivity index (χ0) is 18.2. The summed E-state index contributed by atoms with van der Waals surface area (Å²) in [4.78, 5) is 0. The zero-order valence-corrected chi connectivity index (χ0v) is 16.5. The molecule has 4 bridgehead atoms. The van der Waals surface area contributed by atoms with Crippen molar-refractivity contribution in [3.8, 4) is 5.75 Å². The minimum absolute atomic E-state index is 0.548. The van der Waals surface area contributed by atoms with E-state index >= 15 is 0 Å². The molecule has 2 nitrogen and oxygen atoms in total. The molecule has 142 valence electrons. The smallest absolute Gasteiger partial charge is 0.138 e. The Balaban J connectivity index is 1.18. The average molecular weight is 382 g/mol. The third-order valence-electron chi connectivity index (χ3n) is 7.00. The molecule has 0 unspecified atom stereocenters. The molecule has 2 aromatic rings. The van der Waals surface area contributed by atoms with Crippen LogP contribution in [0.1, 0.15) is 43.2 Å². The van der Waals surface area contributed by atoms with Gasteiger partial charge in [0.2, 0.25) is 0 Å². The van der Waals surface area contributed by atoms with Crippen molar-refractivity contribution >= 4 is 11.6 Å². The molecule has 4 aliphatic carbocycles. The van der Waals surface area contributed by atoms with Gasteiger partial charge >= 0.3 is 0 Å². The van der Waals surface area contributed by atoms with E-state index in [0.29, 0.717) is 17.7 Å². The molecule has 2 aromatic carbocycles. The van der Waals surface area contributed by atoms with E-state index in [-0.39, 0.29) is 0 Å². The van der Waals surface area contributed by atoms with Crippen molar-refractivity contribution in [2.75, 3.05) is 0 Å². The third kappa shape index (κ3) is 3.75. The minimum atomic E-state index is 0.548. The molecule has 0 radical (unpaired) electrons. The lowest BCUT2D eigenvalue weighted by atomic mass is 9.54. The molecule has 0 saturated heterocycles. The van der Waals surface area contributed by atoms with Gasteiger partial charge in [-0.3, -0.25) is 0 Å². The molecular formula is C24H28ClNO. The first-order valence-corrected chi connectivity index (χ1v) is 10.8. The summed E-state index contributed by atoms with van der Waals surface area (Å²) in [5.41, 5.74) is 2.40. The van der Waals surface area contributed by atoms with Crippen molar-refractivity contribution in [1.29, 1.82) is 0 Å². The number of nitrogens with one attached hydrogen (secondary N) is 1. The van der Waals surface area contributed by atoms with Gasteiger partial charge in [-0.05, 0) is 79.0 Å². The Kier molecular flexibility index (Phi) is 4.87. The van der Waals surface area contributed by atoms with Gasteiger partial charge < -0.3 is 10.1 Å². The highest BCUT2D eigenvalue weighted by molar-refractivity contribution is 6.32. The van der Waals surface area contributed by atoms with Crippen LogP contribution in [0.3, 0.4) is 0 Å². The van der Waals surface area contributed by atoms with Gasteiger partial charge in [-0.1, -0.05) is 48.0 Å². The van der Waals surface area contributed by atoms with Gasteiger partial charge in [-0.2, -0.15) is 0 Å². The van der Waals surface area contributed by atoms with Crippen LogP contribution in [0, 0.1) is 23.7 Å². The highest BCUT2D eigenvalue weighted by Gasteiger charge is 2.47. The predicted molar refractivity (Wildman–Crippen MR) is 110 cm³/mol. The summed E-state index contributed by atoms with van der Waals surface area (Å²) in [6.07, 6.45) is 7.34. The molecule has 0 spiro atoms. The largest absolute Gasteiger partial charge is 0.487 e. The van der Waals surface area contributed by atoms with Crippen molar-refractivity contribution in [2.45, 2.75) is 51.3 Å². The number of rotatable bonds is 6. The summed E-state index contributed by atoms with van der Waals surface area (Å²) in [6.45, 7) is 1.46. The average Bonchev–Trinajstić information content (AvgIpc) is 2.67. The molecular weight excluding hydrogens is 354 g/mol. The molecule has 4 fully saturated rings. The molecule has 0 aromatic heterocycles. The number of benzene rings is 2. The van der Waals surface area contributed by atoms with Crippen LogP contribution in [0.4, 0.5) is 0 Å². The molecule has 0 heterocycles. The highest BCUT2D eigenvalue weighted by atomic mass is 35.5. The first kappa shape index (κ1) is 17.6. The molecule has 1 N–H and O–H groups in total. The zero-order valence-electron chi connectivity index (χ0n) is 15.7. The lowest BCUT2D eigenvalue weighted by molar-refractivity contribution is -0.0142. The van der Waals surface area contributed by atoms with E-state index < -0.39 is 0 Å². The van der Waals surface area contributed by atoms with E-state index in [4.69, 9.17) is 16.3 Å². The van der Waals surface area contributed by atoms with Crippen molar-refractivity contribution in [2.24, 2.45) is 23.7 Å². The molecule has 4 saturated carbocycles. The maximum Gasteiger partial charge on any atom is 0.138 e. The van der Waals surface area contributed by atoms with Gasteiger partial charge in [-0.25, -0.2) is 0 Å². The summed E-state index contributed by atoms with van der Waals surface area (Å²) in [5.74, 6) is 4.64. The lowest BCUT2D eigenvalue weighted by Gasteiger charge is -2.54. The Morgan fingerprint density at radius 2 is 1.56 bits per heavy atom. The van der Waals surface area contributed by atoms with Crippen LogP contribution in [0.2, 0.25) is 5.02 Å². The quantitative estimate of drug-likeness (QED) is 0.679. The van der Waals surface area contributed by atoms with Crippen LogP contribution in [0.5, 0.6) is 5.75 Å². The fourth-order valence-corrected chi connectivity index (χ4v) is 6.26.